The Morgan fingerprint density at radius 1 is 1.56 bits per heavy atom. The first-order chi connectivity index (χ1) is 7.63. The fourth-order valence-corrected chi connectivity index (χ4v) is 1.92. The molecule has 1 aliphatic rings. The Kier molecular flexibility index (Phi) is 2.81. The minimum atomic E-state index is -0.851. The van der Waals surface area contributed by atoms with Crippen LogP contribution in [0.2, 0.25) is 0 Å². The molecular formula is C12H13FO3. The van der Waals surface area contributed by atoms with E-state index in [2.05, 4.69) is 0 Å². The molecule has 4 heteroatoms. The van der Waals surface area contributed by atoms with E-state index in [1.165, 1.54) is 25.3 Å². The van der Waals surface area contributed by atoms with Gasteiger partial charge in [-0.05, 0) is 36.5 Å². The Labute approximate surface area is 92.9 Å². The van der Waals surface area contributed by atoms with Gasteiger partial charge in [-0.3, -0.25) is 4.79 Å². The number of ether oxygens (including phenoxy) is 1. The summed E-state index contributed by atoms with van der Waals surface area (Å²) in [6.07, 6.45) is 1.85. The van der Waals surface area contributed by atoms with E-state index in [0.29, 0.717) is 5.56 Å². The van der Waals surface area contributed by atoms with Gasteiger partial charge in [-0.1, -0.05) is 6.07 Å². The molecule has 1 aromatic carbocycles. The van der Waals surface area contributed by atoms with Crippen LogP contribution in [0.3, 0.4) is 0 Å². The van der Waals surface area contributed by atoms with E-state index >= 15 is 0 Å². The topological polar surface area (TPSA) is 46.5 Å². The summed E-state index contributed by atoms with van der Waals surface area (Å²) < 4.78 is 18.0. The number of hydrogen-bond donors (Lipinski definition) is 1. The Balaban J connectivity index is 2.34. The molecule has 1 unspecified atom stereocenters. The number of carboxylic acids is 1. The quantitative estimate of drug-likeness (QED) is 0.854. The fraction of sp³-hybridized carbons (Fsp3) is 0.417. The maximum absolute atomic E-state index is 13.2. The van der Waals surface area contributed by atoms with Crippen molar-refractivity contribution in [2.24, 2.45) is 5.92 Å². The van der Waals surface area contributed by atoms with Gasteiger partial charge < -0.3 is 9.84 Å². The van der Waals surface area contributed by atoms with E-state index in [0.717, 1.165) is 12.8 Å². The summed E-state index contributed by atoms with van der Waals surface area (Å²) in [6.45, 7) is 0. The van der Waals surface area contributed by atoms with Crippen LogP contribution in [0.4, 0.5) is 4.39 Å². The molecule has 16 heavy (non-hydrogen) atoms. The van der Waals surface area contributed by atoms with E-state index in [9.17, 15) is 9.18 Å². The van der Waals surface area contributed by atoms with Gasteiger partial charge >= 0.3 is 5.97 Å². The zero-order valence-electron chi connectivity index (χ0n) is 8.94. The predicted molar refractivity (Wildman–Crippen MR) is 56.1 cm³/mol. The lowest BCUT2D eigenvalue weighted by molar-refractivity contribution is -0.139. The SMILES string of the molecule is COc1cc(C(C(=O)O)C2CC2)ccc1F. The Bertz CT molecular complexity index is 413. The molecule has 1 atom stereocenters. The number of benzene rings is 1. The van der Waals surface area contributed by atoms with Crippen molar-refractivity contribution in [3.63, 3.8) is 0 Å². The molecule has 2 rings (SSSR count). The molecule has 1 fully saturated rings. The monoisotopic (exact) mass is 224 g/mol. The first-order valence-electron chi connectivity index (χ1n) is 5.19. The standard InChI is InChI=1S/C12H13FO3/c1-16-10-6-8(4-5-9(10)13)11(12(14)15)7-2-3-7/h4-7,11H,2-3H2,1H3,(H,14,15). The summed E-state index contributed by atoms with van der Waals surface area (Å²) in [7, 11) is 1.37. The fourth-order valence-electron chi connectivity index (χ4n) is 1.92. The van der Waals surface area contributed by atoms with E-state index in [4.69, 9.17) is 9.84 Å². The normalized spacial score (nSPS) is 16.9. The number of carbonyl (C=O) groups is 1. The second-order valence-electron chi connectivity index (χ2n) is 4.05. The lowest BCUT2D eigenvalue weighted by Crippen LogP contribution is -2.13. The minimum Gasteiger partial charge on any atom is -0.494 e. The Morgan fingerprint density at radius 3 is 2.75 bits per heavy atom. The van der Waals surface area contributed by atoms with Gasteiger partial charge in [0.1, 0.15) is 0 Å². The van der Waals surface area contributed by atoms with Gasteiger partial charge in [-0.2, -0.15) is 0 Å². The summed E-state index contributed by atoms with van der Waals surface area (Å²) in [5.41, 5.74) is 0.619. The van der Waals surface area contributed by atoms with Crippen LogP contribution < -0.4 is 4.74 Å². The molecular weight excluding hydrogens is 211 g/mol. The average Bonchev–Trinajstić information content (AvgIpc) is 3.04. The van der Waals surface area contributed by atoms with Gasteiger partial charge in [-0.25, -0.2) is 4.39 Å². The summed E-state index contributed by atoms with van der Waals surface area (Å²) in [5.74, 6) is -1.56. The molecule has 0 aromatic heterocycles. The van der Waals surface area contributed by atoms with Crippen molar-refractivity contribution < 1.29 is 19.0 Å². The van der Waals surface area contributed by atoms with Crippen LogP contribution in [0, 0.1) is 11.7 Å². The van der Waals surface area contributed by atoms with Crippen LogP contribution >= 0.6 is 0 Å². The Hall–Kier alpha value is -1.58. The maximum Gasteiger partial charge on any atom is 0.311 e. The van der Waals surface area contributed by atoms with E-state index in [-0.39, 0.29) is 11.7 Å². The lowest BCUT2D eigenvalue weighted by atomic mass is 9.94. The van der Waals surface area contributed by atoms with Crippen molar-refractivity contribution in [1.82, 2.24) is 0 Å². The summed E-state index contributed by atoms with van der Waals surface area (Å²) >= 11 is 0. The molecule has 0 saturated heterocycles. The van der Waals surface area contributed by atoms with Crippen LogP contribution in [0.5, 0.6) is 5.75 Å². The molecule has 1 aliphatic carbocycles. The molecule has 0 spiro atoms. The first kappa shape index (κ1) is 10.9. The second-order valence-corrected chi connectivity index (χ2v) is 4.05. The van der Waals surface area contributed by atoms with Gasteiger partial charge in [0.15, 0.2) is 11.6 Å². The van der Waals surface area contributed by atoms with E-state index in [1.807, 2.05) is 0 Å². The predicted octanol–water partition coefficient (Wildman–Crippen LogP) is 2.41. The second kappa shape index (κ2) is 4.12. The lowest BCUT2D eigenvalue weighted by Gasteiger charge is -2.12. The number of rotatable bonds is 4. The molecule has 3 nitrogen and oxygen atoms in total. The molecule has 0 radical (unpaired) electrons. The highest BCUT2D eigenvalue weighted by Gasteiger charge is 2.37. The Morgan fingerprint density at radius 2 is 2.25 bits per heavy atom. The first-order valence-corrected chi connectivity index (χ1v) is 5.19. The average molecular weight is 224 g/mol. The third-order valence-corrected chi connectivity index (χ3v) is 2.89. The van der Waals surface area contributed by atoms with Crippen molar-refractivity contribution in [2.45, 2.75) is 18.8 Å². The number of carboxylic acid groups (broad SMARTS) is 1. The molecule has 1 aromatic rings. The van der Waals surface area contributed by atoms with Gasteiger partial charge in [0.25, 0.3) is 0 Å². The van der Waals surface area contributed by atoms with Crippen LogP contribution in [0.15, 0.2) is 18.2 Å². The molecule has 0 amide bonds. The number of methoxy groups -OCH3 is 1. The van der Waals surface area contributed by atoms with Crippen LogP contribution in [0.1, 0.15) is 24.3 Å². The number of halogens is 1. The molecule has 0 aliphatic heterocycles. The zero-order chi connectivity index (χ0) is 11.7. The smallest absolute Gasteiger partial charge is 0.311 e. The van der Waals surface area contributed by atoms with Crippen LogP contribution in [0.25, 0.3) is 0 Å². The largest absolute Gasteiger partial charge is 0.494 e. The van der Waals surface area contributed by atoms with E-state index in [1.54, 1.807) is 0 Å². The summed E-state index contributed by atoms with van der Waals surface area (Å²) in [5, 5.41) is 9.14. The molecule has 0 bridgehead atoms. The van der Waals surface area contributed by atoms with Crippen molar-refractivity contribution in [3.8, 4) is 5.75 Å². The summed E-state index contributed by atoms with van der Waals surface area (Å²) in [6, 6.07) is 4.26. The van der Waals surface area contributed by atoms with Crippen molar-refractivity contribution in [3.05, 3.63) is 29.6 Å². The van der Waals surface area contributed by atoms with Crippen LogP contribution in [-0.4, -0.2) is 18.2 Å². The van der Waals surface area contributed by atoms with Gasteiger partial charge in [0.2, 0.25) is 0 Å². The number of hydrogen-bond acceptors (Lipinski definition) is 2. The van der Waals surface area contributed by atoms with Gasteiger partial charge in [-0.15, -0.1) is 0 Å². The summed E-state index contributed by atoms with van der Waals surface area (Å²) in [4.78, 5) is 11.1. The minimum absolute atomic E-state index is 0.101. The molecule has 0 heterocycles. The van der Waals surface area contributed by atoms with E-state index < -0.39 is 17.7 Å². The van der Waals surface area contributed by atoms with Crippen molar-refractivity contribution in [1.29, 1.82) is 0 Å². The molecule has 86 valence electrons. The third kappa shape index (κ3) is 2.01. The molecule has 1 N–H and O–H groups in total. The highest BCUT2D eigenvalue weighted by molar-refractivity contribution is 5.77. The van der Waals surface area contributed by atoms with Gasteiger partial charge in [0, 0.05) is 0 Å². The maximum atomic E-state index is 13.2. The van der Waals surface area contributed by atoms with Crippen molar-refractivity contribution in [2.75, 3.05) is 7.11 Å². The van der Waals surface area contributed by atoms with Gasteiger partial charge in [0.05, 0.1) is 13.0 Å². The van der Waals surface area contributed by atoms with Crippen LogP contribution in [-0.2, 0) is 4.79 Å². The molecule has 1 saturated carbocycles. The zero-order valence-corrected chi connectivity index (χ0v) is 8.94. The van der Waals surface area contributed by atoms with Crippen molar-refractivity contribution >= 4 is 5.97 Å². The third-order valence-electron chi connectivity index (χ3n) is 2.89. The highest BCUT2D eigenvalue weighted by atomic mass is 19.1. The number of aliphatic carboxylic acids is 1. The highest BCUT2D eigenvalue weighted by Crippen LogP contribution is 2.43.